The summed E-state index contributed by atoms with van der Waals surface area (Å²) >= 11 is 0. The van der Waals surface area contributed by atoms with Crippen LogP contribution in [0.3, 0.4) is 0 Å². The van der Waals surface area contributed by atoms with Gasteiger partial charge in [-0.3, -0.25) is 4.79 Å². The first-order valence-electron chi connectivity index (χ1n) is 7.19. The number of amides is 1. The number of hydrogen-bond donors (Lipinski definition) is 1. The number of carbonyl (C=O) groups excluding carboxylic acids is 1. The summed E-state index contributed by atoms with van der Waals surface area (Å²) in [6.07, 6.45) is 7.76. The van der Waals surface area contributed by atoms with Crippen LogP contribution < -0.4 is 5.73 Å². The second kappa shape index (κ2) is 4.55. The fraction of sp³-hybridized carbons (Fsp3) is 0.857. The van der Waals surface area contributed by atoms with Crippen molar-refractivity contribution >= 4 is 5.91 Å². The zero-order valence-corrected chi connectivity index (χ0v) is 10.7. The fourth-order valence-electron chi connectivity index (χ4n) is 3.76. The van der Waals surface area contributed by atoms with Crippen LogP contribution in [0.2, 0.25) is 0 Å². The van der Waals surface area contributed by atoms with E-state index in [0.717, 1.165) is 25.7 Å². The van der Waals surface area contributed by atoms with Gasteiger partial charge in [-0.25, -0.2) is 0 Å². The number of likely N-dealkylation sites (tertiary alicyclic amines) is 1. The van der Waals surface area contributed by atoms with E-state index in [-0.39, 0.29) is 18.0 Å². The van der Waals surface area contributed by atoms with E-state index >= 15 is 0 Å². The van der Waals surface area contributed by atoms with Crippen LogP contribution in [0.1, 0.15) is 44.9 Å². The van der Waals surface area contributed by atoms with Crippen molar-refractivity contribution in [3.05, 3.63) is 0 Å². The van der Waals surface area contributed by atoms with Crippen molar-refractivity contribution in [1.29, 1.82) is 5.26 Å². The highest BCUT2D eigenvalue weighted by molar-refractivity contribution is 5.83. The van der Waals surface area contributed by atoms with E-state index in [1.54, 1.807) is 0 Å². The van der Waals surface area contributed by atoms with Crippen LogP contribution in [-0.2, 0) is 4.79 Å². The van der Waals surface area contributed by atoms with Crippen molar-refractivity contribution in [2.24, 2.45) is 17.6 Å². The van der Waals surface area contributed by atoms with Crippen molar-refractivity contribution in [1.82, 2.24) is 4.90 Å². The summed E-state index contributed by atoms with van der Waals surface area (Å²) in [4.78, 5) is 14.3. The summed E-state index contributed by atoms with van der Waals surface area (Å²) in [7, 11) is 0. The summed E-state index contributed by atoms with van der Waals surface area (Å²) in [6.45, 7) is 0. The molecule has 4 heteroatoms. The Morgan fingerprint density at radius 3 is 2.67 bits per heavy atom. The van der Waals surface area contributed by atoms with Crippen LogP contribution in [0.5, 0.6) is 0 Å². The number of fused-ring (bicyclic) bond motifs is 1. The first-order chi connectivity index (χ1) is 8.72. The number of nitrogens with zero attached hydrogens (tertiary/aromatic N) is 2. The lowest BCUT2D eigenvalue weighted by atomic mass is 9.83. The van der Waals surface area contributed by atoms with Crippen LogP contribution in [0.25, 0.3) is 0 Å². The van der Waals surface area contributed by atoms with Crippen molar-refractivity contribution < 1.29 is 4.79 Å². The van der Waals surface area contributed by atoms with Crippen molar-refractivity contribution in [2.45, 2.75) is 63.1 Å². The molecule has 0 spiro atoms. The molecule has 4 nitrogen and oxygen atoms in total. The van der Waals surface area contributed by atoms with Gasteiger partial charge in [-0.1, -0.05) is 19.3 Å². The Kier molecular flexibility index (Phi) is 3.03. The summed E-state index contributed by atoms with van der Waals surface area (Å²) in [5.41, 5.74) is 6.17. The van der Waals surface area contributed by atoms with Gasteiger partial charge >= 0.3 is 0 Å². The molecule has 2 unspecified atom stereocenters. The minimum Gasteiger partial charge on any atom is -0.322 e. The van der Waals surface area contributed by atoms with Gasteiger partial charge in [-0.15, -0.1) is 0 Å². The molecule has 2 saturated carbocycles. The Hall–Kier alpha value is -1.08. The van der Waals surface area contributed by atoms with Crippen LogP contribution in [-0.4, -0.2) is 28.9 Å². The van der Waals surface area contributed by atoms with Crippen molar-refractivity contribution in [2.75, 3.05) is 0 Å². The number of rotatable bonds is 2. The Bertz CT molecular complexity index is 383. The number of carbonyl (C=O) groups is 1. The van der Waals surface area contributed by atoms with Gasteiger partial charge in [-0.2, -0.15) is 5.26 Å². The first-order valence-corrected chi connectivity index (χ1v) is 7.19. The third-order valence-corrected chi connectivity index (χ3v) is 4.95. The smallest absolute Gasteiger partial charge is 0.241 e. The van der Waals surface area contributed by atoms with E-state index < -0.39 is 0 Å². The van der Waals surface area contributed by atoms with Crippen molar-refractivity contribution in [3.63, 3.8) is 0 Å². The molecule has 1 saturated heterocycles. The predicted octanol–water partition coefficient (Wildman–Crippen LogP) is 1.41. The quantitative estimate of drug-likeness (QED) is 0.802. The highest BCUT2D eigenvalue weighted by atomic mass is 16.2. The molecule has 0 aromatic heterocycles. The molecule has 18 heavy (non-hydrogen) atoms. The average molecular weight is 247 g/mol. The lowest BCUT2D eigenvalue weighted by Gasteiger charge is -2.31. The molecule has 3 fully saturated rings. The number of hydrogen-bond acceptors (Lipinski definition) is 3. The maximum Gasteiger partial charge on any atom is 0.241 e. The molecule has 0 radical (unpaired) electrons. The predicted molar refractivity (Wildman–Crippen MR) is 67.3 cm³/mol. The number of nitrogens with two attached hydrogens (primary N) is 1. The van der Waals surface area contributed by atoms with Crippen molar-refractivity contribution in [3.8, 4) is 6.07 Å². The standard InChI is InChI=1S/C14H21N3O/c15-8-11-6-10-7-12(10)17(11)14(18)13(16)9-4-2-1-3-5-9/h9-13H,1-7,16H2/t10-,11?,12+,13?/m1/s1. The van der Waals surface area contributed by atoms with Crippen LogP contribution in [0, 0.1) is 23.2 Å². The van der Waals surface area contributed by atoms with Crippen LogP contribution in [0.4, 0.5) is 0 Å². The van der Waals surface area contributed by atoms with Gasteiger partial charge in [0.2, 0.25) is 5.91 Å². The number of nitriles is 1. The van der Waals surface area contributed by atoms with E-state index in [0.29, 0.717) is 17.9 Å². The SMILES string of the molecule is N#CC1C[C@@H]2C[C@@H]2N1C(=O)C(N)C1CCCCC1. The molecule has 2 N–H and O–H groups in total. The third kappa shape index (κ3) is 1.91. The largest absolute Gasteiger partial charge is 0.322 e. The molecular formula is C14H21N3O. The zero-order chi connectivity index (χ0) is 12.7. The second-order valence-corrected chi connectivity index (χ2v) is 6.11. The highest BCUT2D eigenvalue weighted by Gasteiger charge is 2.55. The molecule has 0 bridgehead atoms. The zero-order valence-electron chi connectivity index (χ0n) is 10.7. The molecule has 1 heterocycles. The monoisotopic (exact) mass is 247 g/mol. The number of piperidine rings is 1. The lowest BCUT2D eigenvalue weighted by Crippen LogP contribution is -2.50. The molecule has 3 rings (SSSR count). The van der Waals surface area contributed by atoms with E-state index in [2.05, 4.69) is 6.07 Å². The van der Waals surface area contributed by atoms with Gasteiger partial charge in [0.1, 0.15) is 6.04 Å². The van der Waals surface area contributed by atoms with E-state index in [9.17, 15) is 4.79 Å². The van der Waals surface area contributed by atoms with Gasteiger partial charge < -0.3 is 10.6 Å². The van der Waals surface area contributed by atoms with Gasteiger partial charge in [0.15, 0.2) is 0 Å². The van der Waals surface area contributed by atoms with Gasteiger partial charge in [0.05, 0.1) is 12.1 Å². The average Bonchev–Trinajstić information content (AvgIpc) is 3.09. The summed E-state index contributed by atoms with van der Waals surface area (Å²) in [5, 5.41) is 9.13. The molecule has 0 aromatic carbocycles. The normalized spacial score (nSPS) is 36.9. The van der Waals surface area contributed by atoms with E-state index in [4.69, 9.17) is 11.0 Å². The molecule has 2 aliphatic carbocycles. The van der Waals surface area contributed by atoms with E-state index in [1.807, 2.05) is 4.90 Å². The molecule has 0 aromatic rings. The Labute approximate surface area is 108 Å². The summed E-state index contributed by atoms with van der Waals surface area (Å²) < 4.78 is 0. The van der Waals surface area contributed by atoms with Gasteiger partial charge in [0, 0.05) is 6.04 Å². The fourth-order valence-corrected chi connectivity index (χ4v) is 3.76. The summed E-state index contributed by atoms with van der Waals surface area (Å²) in [6, 6.07) is 2.01. The molecule has 98 valence electrons. The lowest BCUT2D eigenvalue weighted by molar-refractivity contribution is -0.135. The van der Waals surface area contributed by atoms with Crippen LogP contribution >= 0.6 is 0 Å². The summed E-state index contributed by atoms with van der Waals surface area (Å²) in [5.74, 6) is 0.957. The third-order valence-electron chi connectivity index (χ3n) is 4.95. The van der Waals surface area contributed by atoms with E-state index in [1.165, 1.54) is 19.3 Å². The minimum absolute atomic E-state index is 0.0402. The maximum absolute atomic E-state index is 12.5. The molecular weight excluding hydrogens is 226 g/mol. The topological polar surface area (TPSA) is 70.1 Å². The highest BCUT2D eigenvalue weighted by Crippen LogP contribution is 2.48. The second-order valence-electron chi connectivity index (χ2n) is 6.11. The maximum atomic E-state index is 12.5. The molecule has 1 amide bonds. The molecule has 1 aliphatic heterocycles. The Morgan fingerprint density at radius 2 is 2.00 bits per heavy atom. The minimum atomic E-state index is -0.375. The van der Waals surface area contributed by atoms with Gasteiger partial charge in [-0.05, 0) is 37.5 Å². The van der Waals surface area contributed by atoms with Crippen LogP contribution in [0.15, 0.2) is 0 Å². The van der Waals surface area contributed by atoms with Gasteiger partial charge in [0.25, 0.3) is 0 Å². The Morgan fingerprint density at radius 1 is 1.28 bits per heavy atom. The Balaban J connectivity index is 1.68. The molecule has 4 atom stereocenters. The molecule has 3 aliphatic rings. The first kappa shape index (κ1) is 12.0.